The van der Waals surface area contributed by atoms with E-state index in [0.717, 1.165) is 38.6 Å². The van der Waals surface area contributed by atoms with E-state index < -0.39 is 0 Å². The summed E-state index contributed by atoms with van der Waals surface area (Å²) in [6.07, 6.45) is 8.98. The molecule has 2 fully saturated rings. The average molecular weight is 292 g/mol. The van der Waals surface area contributed by atoms with Gasteiger partial charge in [0.2, 0.25) is 5.89 Å². The second-order valence-corrected chi connectivity index (χ2v) is 6.17. The smallest absolute Gasteiger partial charge is 0.318 e. The largest absolute Gasteiger partial charge is 0.337 e. The van der Waals surface area contributed by atoms with Crippen molar-refractivity contribution in [2.75, 3.05) is 6.54 Å². The molecule has 1 atom stereocenters. The van der Waals surface area contributed by atoms with Crippen LogP contribution in [-0.2, 0) is 0 Å². The molecule has 0 spiro atoms. The molecule has 21 heavy (non-hydrogen) atoms. The van der Waals surface area contributed by atoms with Gasteiger partial charge in [0.15, 0.2) is 5.82 Å². The van der Waals surface area contributed by atoms with Crippen molar-refractivity contribution in [3.63, 3.8) is 0 Å². The lowest BCUT2D eigenvalue weighted by atomic mass is 9.95. The number of aryl methyl sites for hydroxylation is 1. The first-order valence-electron chi connectivity index (χ1n) is 8.11. The minimum absolute atomic E-state index is 0.0300. The predicted octanol–water partition coefficient (Wildman–Crippen LogP) is 2.95. The molecule has 2 heterocycles. The third-order valence-corrected chi connectivity index (χ3v) is 4.52. The van der Waals surface area contributed by atoms with E-state index >= 15 is 0 Å². The van der Waals surface area contributed by atoms with Crippen LogP contribution in [0.2, 0.25) is 0 Å². The molecule has 1 saturated carbocycles. The molecule has 0 bridgehead atoms. The molecule has 2 aliphatic rings. The number of piperidine rings is 1. The summed E-state index contributed by atoms with van der Waals surface area (Å²) in [6.45, 7) is 2.58. The number of nitrogens with one attached hydrogen (secondary N) is 1. The van der Waals surface area contributed by atoms with Crippen molar-refractivity contribution in [2.24, 2.45) is 0 Å². The lowest BCUT2D eigenvalue weighted by molar-refractivity contribution is 0.127. The number of hydrogen-bond acceptors (Lipinski definition) is 4. The summed E-state index contributed by atoms with van der Waals surface area (Å²) in [4.78, 5) is 18.8. The molecular weight excluding hydrogens is 268 g/mol. The van der Waals surface area contributed by atoms with Crippen LogP contribution in [0.25, 0.3) is 0 Å². The van der Waals surface area contributed by atoms with Crippen LogP contribution in [0.3, 0.4) is 0 Å². The highest BCUT2D eigenvalue weighted by Crippen LogP contribution is 2.30. The van der Waals surface area contributed by atoms with E-state index in [9.17, 15) is 4.79 Å². The molecule has 1 N–H and O–H groups in total. The van der Waals surface area contributed by atoms with Gasteiger partial charge in [-0.1, -0.05) is 24.4 Å². The maximum atomic E-state index is 12.6. The number of nitrogens with zero attached hydrogens (tertiary/aromatic N) is 3. The normalized spacial score (nSPS) is 24.0. The van der Waals surface area contributed by atoms with Crippen LogP contribution in [0, 0.1) is 6.92 Å². The lowest BCUT2D eigenvalue weighted by Crippen LogP contribution is -2.48. The predicted molar refractivity (Wildman–Crippen MR) is 77.7 cm³/mol. The van der Waals surface area contributed by atoms with Crippen LogP contribution in [-0.4, -0.2) is 33.7 Å². The number of aromatic nitrogens is 2. The number of amides is 2. The Morgan fingerprint density at radius 3 is 2.67 bits per heavy atom. The quantitative estimate of drug-likeness (QED) is 0.909. The molecule has 0 radical (unpaired) electrons. The van der Waals surface area contributed by atoms with Crippen molar-refractivity contribution in [3.05, 3.63) is 11.7 Å². The fourth-order valence-electron chi connectivity index (χ4n) is 3.38. The van der Waals surface area contributed by atoms with Crippen molar-refractivity contribution in [1.82, 2.24) is 20.4 Å². The molecule has 1 aromatic heterocycles. The summed E-state index contributed by atoms with van der Waals surface area (Å²) in [7, 11) is 0. The monoisotopic (exact) mass is 292 g/mol. The average Bonchev–Trinajstić information content (AvgIpc) is 2.95. The number of urea groups is 1. The first kappa shape index (κ1) is 14.4. The third-order valence-electron chi connectivity index (χ3n) is 4.52. The number of carbonyl (C=O) groups excluding carboxylic acids is 1. The molecule has 0 unspecified atom stereocenters. The number of rotatable bonds is 2. The Hall–Kier alpha value is -1.59. The van der Waals surface area contributed by atoms with E-state index in [1.165, 1.54) is 19.3 Å². The Morgan fingerprint density at radius 1 is 1.19 bits per heavy atom. The zero-order valence-corrected chi connectivity index (χ0v) is 12.7. The van der Waals surface area contributed by atoms with E-state index in [4.69, 9.17) is 4.52 Å². The highest BCUT2D eigenvalue weighted by molar-refractivity contribution is 5.75. The topological polar surface area (TPSA) is 71.3 Å². The Kier molecular flexibility index (Phi) is 4.41. The van der Waals surface area contributed by atoms with Gasteiger partial charge in [-0.2, -0.15) is 4.98 Å². The summed E-state index contributed by atoms with van der Waals surface area (Å²) in [5, 5.41) is 7.05. The SMILES string of the molecule is Cc1noc([C@H]2CCCCN2C(=O)NC2CCCCC2)n1. The summed E-state index contributed by atoms with van der Waals surface area (Å²) < 4.78 is 5.29. The number of likely N-dealkylation sites (tertiary alicyclic amines) is 1. The van der Waals surface area contributed by atoms with Gasteiger partial charge in [0.25, 0.3) is 0 Å². The Bertz CT molecular complexity index is 482. The van der Waals surface area contributed by atoms with Crippen molar-refractivity contribution in [1.29, 1.82) is 0 Å². The van der Waals surface area contributed by atoms with E-state index in [1.54, 1.807) is 0 Å². The summed E-state index contributed by atoms with van der Waals surface area (Å²) in [5.74, 6) is 1.20. The zero-order chi connectivity index (χ0) is 14.7. The molecule has 0 aromatic carbocycles. The summed E-state index contributed by atoms with van der Waals surface area (Å²) in [5.41, 5.74) is 0. The molecule has 1 aromatic rings. The van der Waals surface area contributed by atoms with Gasteiger partial charge in [-0.3, -0.25) is 0 Å². The van der Waals surface area contributed by atoms with E-state index in [-0.39, 0.29) is 12.1 Å². The van der Waals surface area contributed by atoms with Gasteiger partial charge in [-0.25, -0.2) is 4.79 Å². The van der Waals surface area contributed by atoms with Crippen LogP contribution in [0.1, 0.15) is 69.1 Å². The Labute approximate surface area is 125 Å². The minimum Gasteiger partial charge on any atom is -0.337 e. The molecule has 1 saturated heterocycles. The highest BCUT2D eigenvalue weighted by atomic mass is 16.5. The van der Waals surface area contributed by atoms with Crippen molar-refractivity contribution in [2.45, 2.75) is 70.4 Å². The van der Waals surface area contributed by atoms with Crippen LogP contribution in [0.5, 0.6) is 0 Å². The van der Waals surface area contributed by atoms with Crippen LogP contribution >= 0.6 is 0 Å². The van der Waals surface area contributed by atoms with Gasteiger partial charge in [-0.05, 0) is 39.0 Å². The molecule has 1 aliphatic carbocycles. The molecular formula is C15H24N4O2. The molecule has 3 rings (SSSR count). The zero-order valence-electron chi connectivity index (χ0n) is 12.7. The maximum absolute atomic E-state index is 12.6. The lowest BCUT2D eigenvalue weighted by Gasteiger charge is -2.35. The van der Waals surface area contributed by atoms with Gasteiger partial charge in [0.1, 0.15) is 6.04 Å². The molecule has 6 nitrogen and oxygen atoms in total. The minimum atomic E-state index is -0.0662. The van der Waals surface area contributed by atoms with Gasteiger partial charge in [0, 0.05) is 12.6 Å². The van der Waals surface area contributed by atoms with Crippen molar-refractivity contribution in [3.8, 4) is 0 Å². The van der Waals surface area contributed by atoms with Crippen molar-refractivity contribution >= 4 is 6.03 Å². The van der Waals surface area contributed by atoms with E-state index in [0.29, 0.717) is 17.8 Å². The van der Waals surface area contributed by atoms with Crippen LogP contribution in [0.15, 0.2) is 4.52 Å². The van der Waals surface area contributed by atoms with Crippen LogP contribution in [0.4, 0.5) is 4.79 Å². The fourth-order valence-corrected chi connectivity index (χ4v) is 3.38. The van der Waals surface area contributed by atoms with Crippen LogP contribution < -0.4 is 5.32 Å². The highest BCUT2D eigenvalue weighted by Gasteiger charge is 2.32. The number of carbonyl (C=O) groups is 1. The molecule has 6 heteroatoms. The maximum Gasteiger partial charge on any atom is 0.318 e. The standard InChI is InChI=1S/C15H24N4O2/c1-11-16-14(21-18-11)13-9-5-6-10-19(13)15(20)17-12-7-3-2-4-8-12/h12-13H,2-10H2,1H3,(H,17,20)/t13-/m1/s1. The molecule has 1 aliphatic heterocycles. The van der Waals surface area contributed by atoms with E-state index in [1.807, 2.05) is 11.8 Å². The second-order valence-electron chi connectivity index (χ2n) is 6.17. The first-order valence-corrected chi connectivity index (χ1v) is 8.11. The first-order chi connectivity index (χ1) is 10.2. The van der Waals surface area contributed by atoms with Gasteiger partial charge < -0.3 is 14.7 Å². The Morgan fingerprint density at radius 2 is 1.95 bits per heavy atom. The van der Waals surface area contributed by atoms with Crippen molar-refractivity contribution < 1.29 is 9.32 Å². The summed E-state index contributed by atoms with van der Waals surface area (Å²) >= 11 is 0. The summed E-state index contributed by atoms with van der Waals surface area (Å²) in [6, 6.07) is 0.296. The fraction of sp³-hybridized carbons (Fsp3) is 0.800. The van der Waals surface area contributed by atoms with Gasteiger partial charge in [0.05, 0.1) is 0 Å². The molecule has 116 valence electrons. The van der Waals surface area contributed by atoms with E-state index in [2.05, 4.69) is 15.5 Å². The van der Waals surface area contributed by atoms with Gasteiger partial charge >= 0.3 is 6.03 Å². The second kappa shape index (κ2) is 6.45. The number of hydrogen-bond donors (Lipinski definition) is 1. The molecule has 2 amide bonds. The Balaban J connectivity index is 1.66. The van der Waals surface area contributed by atoms with Gasteiger partial charge in [-0.15, -0.1) is 0 Å². The third kappa shape index (κ3) is 3.36.